The fourth-order valence-corrected chi connectivity index (χ4v) is 3.26. The lowest BCUT2D eigenvalue weighted by atomic mass is 9.72. The van der Waals surface area contributed by atoms with Crippen molar-refractivity contribution in [3.05, 3.63) is 24.0 Å². The number of rotatable bonds is 5. The van der Waals surface area contributed by atoms with Crippen molar-refractivity contribution < 1.29 is 4.74 Å². The van der Waals surface area contributed by atoms with E-state index >= 15 is 0 Å². The lowest BCUT2D eigenvalue weighted by Gasteiger charge is -2.35. The third kappa shape index (κ3) is 3.72. The fraction of sp³-hybridized carbons (Fsp3) is 0.706. The van der Waals surface area contributed by atoms with Gasteiger partial charge in [-0.1, -0.05) is 27.2 Å². The normalized spacial score (nSPS) is 26.8. The standard InChI is InChI=1S/C17H28N2O/c1-12(2)19-11-14-8-7-13(3)10-15(14)17-16(20-4)6-5-9-18-17/h5-6,9,12-15,19H,7-8,10-11H2,1-4H3. The first-order valence-corrected chi connectivity index (χ1v) is 7.84. The van der Waals surface area contributed by atoms with E-state index in [1.807, 2.05) is 18.3 Å². The largest absolute Gasteiger partial charge is 0.495 e. The van der Waals surface area contributed by atoms with Crippen molar-refractivity contribution in [1.82, 2.24) is 10.3 Å². The molecular formula is C17H28N2O. The van der Waals surface area contributed by atoms with Crippen LogP contribution in [0, 0.1) is 11.8 Å². The highest BCUT2D eigenvalue weighted by molar-refractivity contribution is 5.30. The zero-order valence-corrected chi connectivity index (χ0v) is 13.2. The van der Waals surface area contributed by atoms with Crippen LogP contribution in [0.3, 0.4) is 0 Å². The van der Waals surface area contributed by atoms with Crippen LogP contribution >= 0.6 is 0 Å². The van der Waals surface area contributed by atoms with Gasteiger partial charge in [0.2, 0.25) is 0 Å². The van der Waals surface area contributed by atoms with Gasteiger partial charge in [-0.3, -0.25) is 4.98 Å². The van der Waals surface area contributed by atoms with Crippen LogP contribution in [0.2, 0.25) is 0 Å². The Bertz CT molecular complexity index is 419. The Morgan fingerprint density at radius 2 is 2.20 bits per heavy atom. The minimum absolute atomic E-state index is 0.515. The van der Waals surface area contributed by atoms with E-state index in [2.05, 4.69) is 31.1 Å². The summed E-state index contributed by atoms with van der Waals surface area (Å²) in [5.41, 5.74) is 1.15. The highest BCUT2D eigenvalue weighted by Crippen LogP contribution is 2.42. The molecule has 1 aliphatic rings. The molecule has 3 unspecified atom stereocenters. The van der Waals surface area contributed by atoms with Gasteiger partial charge in [-0.2, -0.15) is 0 Å². The quantitative estimate of drug-likeness (QED) is 0.892. The first kappa shape index (κ1) is 15.3. The molecule has 20 heavy (non-hydrogen) atoms. The van der Waals surface area contributed by atoms with Gasteiger partial charge in [0.1, 0.15) is 5.75 Å². The first-order valence-electron chi connectivity index (χ1n) is 7.84. The molecule has 112 valence electrons. The molecule has 0 bridgehead atoms. The van der Waals surface area contributed by atoms with Gasteiger partial charge in [0.25, 0.3) is 0 Å². The summed E-state index contributed by atoms with van der Waals surface area (Å²) < 4.78 is 5.52. The maximum atomic E-state index is 5.52. The number of nitrogens with zero attached hydrogens (tertiary/aromatic N) is 1. The van der Waals surface area contributed by atoms with Gasteiger partial charge in [0.15, 0.2) is 0 Å². The third-order valence-electron chi connectivity index (χ3n) is 4.41. The SMILES string of the molecule is COc1cccnc1C1CC(C)CCC1CNC(C)C. The Labute approximate surface area is 123 Å². The van der Waals surface area contributed by atoms with Gasteiger partial charge < -0.3 is 10.1 Å². The van der Waals surface area contributed by atoms with Crippen LogP contribution < -0.4 is 10.1 Å². The lowest BCUT2D eigenvalue weighted by Crippen LogP contribution is -2.35. The second kappa shape index (κ2) is 7.07. The summed E-state index contributed by atoms with van der Waals surface area (Å²) in [5.74, 6) is 2.90. The van der Waals surface area contributed by atoms with Gasteiger partial charge in [0, 0.05) is 18.2 Å². The van der Waals surface area contributed by atoms with Crippen molar-refractivity contribution in [3.8, 4) is 5.75 Å². The Kier molecular flexibility index (Phi) is 5.41. The van der Waals surface area contributed by atoms with E-state index in [0.29, 0.717) is 17.9 Å². The second-order valence-corrected chi connectivity index (χ2v) is 6.44. The van der Waals surface area contributed by atoms with E-state index in [9.17, 15) is 0 Å². The monoisotopic (exact) mass is 276 g/mol. The van der Waals surface area contributed by atoms with E-state index < -0.39 is 0 Å². The van der Waals surface area contributed by atoms with E-state index in [1.54, 1.807) is 7.11 Å². The molecule has 0 saturated heterocycles. The number of hydrogen-bond donors (Lipinski definition) is 1. The third-order valence-corrected chi connectivity index (χ3v) is 4.41. The molecule has 1 fully saturated rings. The molecule has 1 aromatic heterocycles. The number of pyridine rings is 1. The van der Waals surface area contributed by atoms with Crippen LogP contribution in [-0.2, 0) is 0 Å². The van der Waals surface area contributed by atoms with Gasteiger partial charge in [-0.15, -0.1) is 0 Å². The number of hydrogen-bond acceptors (Lipinski definition) is 3. The molecule has 3 heteroatoms. The van der Waals surface area contributed by atoms with Crippen LogP contribution in [0.4, 0.5) is 0 Å². The zero-order chi connectivity index (χ0) is 14.5. The number of ether oxygens (including phenoxy) is 1. The summed E-state index contributed by atoms with van der Waals surface area (Å²) in [4.78, 5) is 4.63. The molecule has 1 N–H and O–H groups in total. The maximum absolute atomic E-state index is 5.52. The van der Waals surface area contributed by atoms with Crippen molar-refractivity contribution in [2.24, 2.45) is 11.8 Å². The minimum atomic E-state index is 0.515. The molecule has 0 radical (unpaired) electrons. The molecule has 0 amide bonds. The molecule has 3 nitrogen and oxygen atoms in total. The van der Waals surface area contributed by atoms with Crippen LogP contribution in [0.15, 0.2) is 18.3 Å². The summed E-state index contributed by atoms with van der Waals surface area (Å²) in [7, 11) is 1.74. The molecule has 1 aromatic rings. The van der Waals surface area contributed by atoms with Gasteiger partial charge in [0.05, 0.1) is 12.8 Å². The van der Waals surface area contributed by atoms with Crippen LogP contribution in [0.5, 0.6) is 5.75 Å². The molecule has 1 saturated carbocycles. The van der Waals surface area contributed by atoms with E-state index in [4.69, 9.17) is 4.74 Å². The molecule has 0 aliphatic heterocycles. The summed E-state index contributed by atoms with van der Waals surface area (Å²) in [6, 6.07) is 4.53. The molecule has 1 aliphatic carbocycles. The van der Waals surface area contributed by atoms with Gasteiger partial charge in [-0.25, -0.2) is 0 Å². The first-order chi connectivity index (χ1) is 9.61. The number of methoxy groups -OCH3 is 1. The highest BCUT2D eigenvalue weighted by atomic mass is 16.5. The average molecular weight is 276 g/mol. The molecule has 0 aromatic carbocycles. The number of nitrogens with one attached hydrogen (secondary N) is 1. The molecule has 2 rings (SSSR count). The summed E-state index contributed by atoms with van der Waals surface area (Å²) in [5, 5.41) is 3.60. The van der Waals surface area contributed by atoms with Crippen molar-refractivity contribution in [3.63, 3.8) is 0 Å². The summed E-state index contributed by atoms with van der Waals surface area (Å²) in [6.45, 7) is 7.85. The summed E-state index contributed by atoms with van der Waals surface area (Å²) in [6.07, 6.45) is 5.73. The zero-order valence-electron chi connectivity index (χ0n) is 13.2. The highest BCUT2D eigenvalue weighted by Gasteiger charge is 2.32. The smallest absolute Gasteiger partial charge is 0.140 e. The second-order valence-electron chi connectivity index (χ2n) is 6.44. The van der Waals surface area contributed by atoms with Gasteiger partial charge >= 0.3 is 0 Å². The van der Waals surface area contributed by atoms with Crippen LogP contribution in [-0.4, -0.2) is 24.7 Å². The van der Waals surface area contributed by atoms with Gasteiger partial charge in [-0.05, 0) is 43.4 Å². The number of aromatic nitrogens is 1. The lowest BCUT2D eigenvalue weighted by molar-refractivity contribution is 0.230. The minimum Gasteiger partial charge on any atom is -0.495 e. The van der Waals surface area contributed by atoms with E-state index in [-0.39, 0.29) is 0 Å². The Balaban J connectivity index is 2.18. The average Bonchev–Trinajstić information content (AvgIpc) is 2.45. The van der Waals surface area contributed by atoms with Crippen molar-refractivity contribution in [2.45, 2.75) is 52.0 Å². The molecule has 1 heterocycles. The predicted octanol–water partition coefficient (Wildman–Crippen LogP) is 3.61. The van der Waals surface area contributed by atoms with Crippen LogP contribution in [0.25, 0.3) is 0 Å². The molecule has 3 atom stereocenters. The van der Waals surface area contributed by atoms with Crippen molar-refractivity contribution >= 4 is 0 Å². The molecular weight excluding hydrogens is 248 g/mol. The van der Waals surface area contributed by atoms with E-state index in [1.165, 1.54) is 19.3 Å². The van der Waals surface area contributed by atoms with Crippen molar-refractivity contribution in [2.75, 3.05) is 13.7 Å². The maximum Gasteiger partial charge on any atom is 0.140 e. The van der Waals surface area contributed by atoms with Crippen LogP contribution in [0.1, 0.15) is 51.6 Å². The Hall–Kier alpha value is -1.09. The predicted molar refractivity (Wildman–Crippen MR) is 83.2 cm³/mol. The molecule has 0 spiro atoms. The topological polar surface area (TPSA) is 34.1 Å². The Morgan fingerprint density at radius 3 is 2.90 bits per heavy atom. The summed E-state index contributed by atoms with van der Waals surface area (Å²) >= 11 is 0. The Morgan fingerprint density at radius 1 is 1.40 bits per heavy atom. The van der Waals surface area contributed by atoms with E-state index in [0.717, 1.165) is 23.9 Å². The fourth-order valence-electron chi connectivity index (χ4n) is 3.26. The van der Waals surface area contributed by atoms with Crippen molar-refractivity contribution in [1.29, 1.82) is 0 Å².